The van der Waals surface area contributed by atoms with E-state index in [2.05, 4.69) is 15.9 Å². The van der Waals surface area contributed by atoms with Crippen molar-refractivity contribution in [1.29, 1.82) is 0 Å². The van der Waals surface area contributed by atoms with Crippen molar-refractivity contribution in [1.82, 2.24) is 0 Å². The molecule has 1 N–H and O–H groups in total. The number of hydrogen-bond acceptors (Lipinski definition) is 2. The second-order valence-electron chi connectivity index (χ2n) is 1.68. The maximum Gasteiger partial charge on any atom is 0.173 e. The third-order valence-corrected chi connectivity index (χ3v) is 1.99. The molecule has 1 rings (SSSR count). The molecule has 1 aliphatic rings. The number of rotatable bonds is 0. The fourth-order valence-electron chi connectivity index (χ4n) is 0.612. The molecule has 1 aliphatic carbocycles. The SMILES string of the molecule is O=C1CCC(O)=C1Br. The second-order valence-corrected chi connectivity index (χ2v) is 2.48. The smallest absolute Gasteiger partial charge is 0.173 e. The molecule has 0 aromatic carbocycles. The monoisotopic (exact) mass is 176 g/mol. The van der Waals surface area contributed by atoms with E-state index < -0.39 is 0 Å². The molecule has 0 bridgehead atoms. The molecule has 44 valence electrons. The predicted molar refractivity (Wildman–Crippen MR) is 32.8 cm³/mol. The maximum absolute atomic E-state index is 10.5. The van der Waals surface area contributed by atoms with E-state index in [1.54, 1.807) is 0 Å². The fraction of sp³-hybridized carbons (Fsp3) is 0.400. The zero-order chi connectivity index (χ0) is 6.15. The van der Waals surface area contributed by atoms with Crippen LogP contribution in [-0.2, 0) is 4.79 Å². The first-order valence-electron chi connectivity index (χ1n) is 2.32. The van der Waals surface area contributed by atoms with Crippen LogP contribution in [0.1, 0.15) is 12.8 Å². The first-order chi connectivity index (χ1) is 3.72. The molecule has 0 fully saturated rings. The van der Waals surface area contributed by atoms with Crippen LogP contribution in [0.15, 0.2) is 10.2 Å². The predicted octanol–water partition coefficient (Wildman–Crippen LogP) is 1.51. The second kappa shape index (κ2) is 1.90. The van der Waals surface area contributed by atoms with Crippen molar-refractivity contribution in [3.8, 4) is 0 Å². The Kier molecular flexibility index (Phi) is 1.38. The minimum atomic E-state index is 0.00231. The Morgan fingerprint density at radius 2 is 2.12 bits per heavy atom. The molecule has 0 atom stereocenters. The van der Waals surface area contributed by atoms with Gasteiger partial charge in [-0.25, -0.2) is 0 Å². The molecule has 0 aliphatic heterocycles. The molecule has 0 unspecified atom stereocenters. The van der Waals surface area contributed by atoms with Crippen molar-refractivity contribution in [2.75, 3.05) is 0 Å². The number of ketones is 1. The fourth-order valence-corrected chi connectivity index (χ4v) is 1.01. The van der Waals surface area contributed by atoms with Crippen molar-refractivity contribution in [3.05, 3.63) is 10.2 Å². The van der Waals surface area contributed by atoms with Crippen molar-refractivity contribution in [2.24, 2.45) is 0 Å². The van der Waals surface area contributed by atoms with Crippen LogP contribution >= 0.6 is 15.9 Å². The van der Waals surface area contributed by atoms with E-state index in [0.717, 1.165) is 0 Å². The summed E-state index contributed by atoms with van der Waals surface area (Å²) in [7, 11) is 0. The Balaban J connectivity index is 2.86. The normalized spacial score (nSPS) is 20.4. The highest BCUT2D eigenvalue weighted by atomic mass is 79.9. The first kappa shape index (κ1) is 5.82. The number of Topliss-reactive ketones (excluding diaryl/α,β-unsaturated/α-hetero) is 1. The summed E-state index contributed by atoms with van der Waals surface area (Å²) in [5.74, 6) is 0.192. The topological polar surface area (TPSA) is 37.3 Å². The molecule has 0 aromatic heterocycles. The lowest BCUT2D eigenvalue weighted by atomic mass is 10.3. The summed E-state index contributed by atoms with van der Waals surface area (Å²) in [4.78, 5) is 10.5. The van der Waals surface area contributed by atoms with Gasteiger partial charge in [0.05, 0.1) is 4.48 Å². The summed E-state index contributed by atoms with van der Waals surface area (Å²) >= 11 is 2.95. The van der Waals surface area contributed by atoms with Crippen LogP contribution in [0, 0.1) is 0 Å². The minimum absolute atomic E-state index is 0.00231. The van der Waals surface area contributed by atoms with Gasteiger partial charge in [0.2, 0.25) is 0 Å². The number of carbonyl (C=O) groups excluding carboxylic acids is 1. The molecule has 0 spiro atoms. The highest BCUT2D eigenvalue weighted by Crippen LogP contribution is 2.24. The van der Waals surface area contributed by atoms with Crippen molar-refractivity contribution < 1.29 is 9.90 Å². The van der Waals surface area contributed by atoms with Gasteiger partial charge in [-0.05, 0) is 15.9 Å². The van der Waals surface area contributed by atoms with Crippen LogP contribution in [0.4, 0.5) is 0 Å². The van der Waals surface area contributed by atoms with Crippen LogP contribution < -0.4 is 0 Å². The van der Waals surface area contributed by atoms with E-state index in [1.165, 1.54) is 0 Å². The van der Waals surface area contributed by atoms with Crippen molar-refractivity contribution >= 4 is 21.7 Å². The zero-order valence-electron chi connectivity index (χ0n) is 4.15. The number of allylic oxidation sites excluding steroid dienone is 2. The van der Waals surface area contributed by atoms with E-state index in [0.29, 0.717) is 17.3 Å². The molecule has 0 aromatic rings. The third kappa shape index (κ3) is 0.777. The van der Waals surface area contributed by atoms with Gasteiger partial charge in [0.1, 0.15) is 5.76 Å². The van der Waals surface area contributed by atoms with Crippen LogP contribution in [0.3, 0.4) is 0 Å². The van der Waals surface area contributed by atoms with Gasteiger partial charge in [-0.3, -0.25) is 4.79 Å². The molecule has 0 heterocycles. The summed E-state index contributed by atoms with van der Waals surface area (Å²) in [5.41, 5.74) is 0. The van der Waals surface area contributed by atoms with Gasteiger partial charge in [0.15, 0.2) is 5.78 Å². The summed E-state index contributed by atoms with van der Waals surface area (Å²) in [5, 5.41) is 8.78. The molecular weight excluding hydrogens is 172 g/mol. The van der Waals surface area contributed by atoms with E-state index >= 15 is 0 Å². The van der Waals surface area contributed by atoms with Gasteiger partial charge in [-0.2, -0.15) is 0 Å². The molecule has 0 radical (unpaired) electrons. The Labute approximate surface area is 55.3 Å². The summed E-state index contributed by atoms with van der Waals surface area (Å²) < 4.78 is 0.359. The van der Waals surface area contributed by atoms with Crippen LogP contribution in [0.25, 0.3) is 0 Å². The molecule has 8 heavy (non-hydrogen) atoms. The summed E-state index contributed by atoms with van der Waals surface area (Å²) in [6.07, 6.45) is 0.950. The standard InChI is InChI=1S/C5H5BrO2/c6-5-3(7)1-2-4(5)8/h7H,1-2H2. The lowest BCUT2D eigenvalue weighted by Gasteiger charge is -1.83. The molecule has 0 saturated heterocycles. The molecule has 0 saturated carbocycles. The molecule has 2 nitrogen and oxygen atoms in total. The first-order valence-corrected chi connectivity index (χ1v) is 3.12. The molecule has 0 amide bonds. The number of carbonyl (C=O) groups is 1. The Morgan fingerprint density at radius 3 is 2.25 bits per heavy atom. The van der Waals surface area contributed by atoms with Gasteiger partial charge in [-0.1, -0.05) is 0 Å². The van der Waals surface area contributed by atoms with E-state index in [1.807, 2.05) is 0 Å². The Hall–Kier alpha value is -0.310. The maximum atomic E-state index is 10.5. The number of halogens is 1. The van der Waals surface area contributed by atoms with Crippen molar-refractivity contribution in [2.45, 2.75) is 12.8 Å². The lowest BCUT2D eigenvalue weighted by Crippen LogP contribution is -1.86. The zero-order valence-corrected chi connectivity index (χ0v) is 5.73. The molecule has 3 heteroatoms. The van der Waals surface area contributed by atoms with Gasteiger partial charge in [0, 0.05) is 12.8 Å². The number of aliphatic hydroxyl groups is 1. The van der Waals surface area contributed by atoms with Gasteiger partial charge in [-0.15, -0.1) is 0 Å². The van der Waals surface area contributed by atoms with E-state index in [-0.39, 0.29) is 11.5 Å². The summed E-state index contributed by atoms with van der Waals surface area (Å²) in [6.45, 7) is 0. The Morgan fingerprint density at radius 1 is 1.50 bits per heavy atom. The van der Waals surface area contributed by atoms with Gasteiger partial charge >= 0.3 is 0 Å². The Bertz CT molecular complexity index is 160. The van der Waals surface area contributed by atoms with Crippen molar-refractivity contribution in [3.63, 3.8) is 0 Å². The largest absolute Gasteiger partial charge is 0.511 e. The minimum Gasteiger partial charge on any atom is -0.511 e. The quantitative estimate of drug-likeness (QED) is 0.608. The average molecular weight is 177 g/mol. The van der Waals surface area contributed by atoms with Gasteiger partial charge in [0.25, 0.3) is 0 Å². The lowest BCUT2D eigenvalue weighted by molar-refractivity contribution is -0.114. The third-order valence-electron chi connectivity index (χ3n) is 1.09. The number of aliphatic hydroxyl groups excluding tert-OH is 1. The highest BCUT2D eigenvalue weighted by molar-refractivity contribution is 9.12. The summed E-state index contributed by atoms with van der Waals surface area (Å²) in [6, 6.07) is 0. The highest BCUT2D eigenvalue weighted by Gasteiger charge is 2.19. The molecular formula is C5H5BrO2. The average Bonchev–Trinajstić information content (AvgIpc) is 1.98. The van der Waals surface area contributed by atoms with Crippen LogP contribution in [0.2, 0.25) is 0 Å². The van der Waals surface area contributed by atoms with Gasteiger partial charge < -0.3 is 5.11 Å². The van der Waals surface area contributed by atoms with Crippen LogP contribution in [0.5, 0.6) is 0 Å². The van der Waals surface area contributed by atoms with E-state index in [4.69, 9.17) is 5.11 Å². The number of hydrogen-bond donors (Lipinski definition) is 1. The van der Waals surface area contributed by atoms with E-state index in [9.17, 15) is 4.79 Å². The van der Waals surface area contributed by atoms with Crippen LogP contribution in [-0.4, -0.2) is 10.9 Å².